The van der Waals surface area contributed by atoms with Crippen LogP contribution in [0.2, 0.25) is 0 Å². The van der Waals surface area contributed by atoms with E-state index in [1.807, 2.05) is 35.3 Å². The first-order valence-corrected chi connectivity index (χ1v) is 14.4. The fraction of sp³-hybridized carbons (Fsp3) is 0.0769. The average molecular weight is 495 g/mol. The van der Waals surface area contributed by atoms with Gasteiger partial charge in [-0.05, 0) is 69.2 Å². The summed E-state index contributed by atoms with van der Waals surface area (Å²) in [6.45, 7) is 0. The van der Waals surface area contributed by atoms with Crippen LogP contribution >= 0.6 is 58.8 Å². The summed E-state index contributed by atoms with van der Waals surface area (Å²) in [4.78, 5) is 7.94. The summed E-state index contributed by atoms with van der Waals surface area (Å²) in [7, 11) is 0. The van der Waals surface area contributed by atoms with Gasteiger partial charge in [0.05, 0.1) is 0 Å². The van der Waals surface area contributed by atoms with Gasteiger partial charge in [-0.1, -0.05) is 60.4 Å². The van der Waals surface area contributed by atoms with Crippen molar-refractivity contribution in [2.75, 3.05) is 11.5 Å². The first-order valence-electron chi connectivity index (χ1n) is 9.87. The lowest BCUT2D eigenvalue weighted by Crippen LogP contribution is -1.82. The van der Waals surface area contributed by atoms with Gasteiger partial charge in [-0.25, -0.2) is 0 Å². The van der Waals surface area contributed by atoms with Crippen molar-refractivity contribution >= 4 is 58.8 Å². The Morgan fingerprint density at radius 3 is 1.35 bits per heavy atom. The maximum absolute atomic E-state index is 2.23. The summed E-state index contributed by atoms with van der Waals surface area (Å²) in [5, 5.41) is 4.28. The molecule has 2 aliphatic heterocycles. The van der Waals surface area contributed by atoms with Gasteiger partial charge in [0.25, 0.3) is 0 Å². The van der Waals surface area contributed by atoms with E-state index in [-0.39, 0.29) is 0 Å². The molecule has 5 heteroatoms. The smallest absolute Gasteiger partial charge is 0.0295 e. The van der Waals surface area contributed by atoms with Gasteiger partial charge < -0.3 is 0 Å². The first-order chi connectivity index (χ1) is 15.3. The van der Waals surface area contributed by atoms with Crippen LogP contribution in [-0.4, -0.2) is 11.5 Å². The third kappa shape index (κ3) is 7.92. The summed E-state index contributed by atoms with van der Waals surface area (Å²) in [5.41, 5.74) is 0. The molecular formula is C26H22S5. The fourth-order valence-electron chi connectivity index (χ4n) is 2.69. The highest BCUT2D eigenvalue weighted by atomic mass is 32.2. The molecule has 0 atom stereocenters. The molecule has 0 amide bonds. The zero-order valence-corrected chi connectivity index (χ0v) is 20.9. The van der Waals surface area contributed by atoms with Crippen LogP contribution in [0.5, 0.6) is 0 Å². The van der Waals surface area contributed by atoms with Crippen molar-refractivity contribution < 1.29 is 0 Å². The number of allylic oxidation sites excluding steroid dienone is 8. The number of rotatable bonds is 8. The fourth-order valence-corrected chi connectivity index (χ4v) is 6.88. The van der Waals surface area contributed by atoms with Crippen LogP contribution in [0.15, 0.2) is 137 Å². The lowest BCUT2D eigenvalue weighted by Gasteiger charge is -2.07. The van der Waals surface area contributed by atoms with Gasteiger partial charge in [-0.15, -0.1) is 47.0 Å². The Kier molecular flexibility index (Phi) is 9.28. The van der Waals surface area contributed by atoms with Gasteiger partial charge in [-0.2, -0.15) is 0 Å². The van der Waals surface area contributed by atoms with Crippen LogP contribution < -0.4 is 0 Å². The molecule has 0 spiro atoms. The van der Waals surface area contributed by atoms with E-state index in [1.165, 1.54) is 29.4 Å². The molecule has 0 unspecified atom stereocenters. The molecule has 0 saturated heterocycles. The molecule has 2 aromatic rings. The third-order valence-corrected chi connectivity index (χ3v) is 9.51. The van der Waals surface area contributed by atoms with Gasteiger partial charge in [-0.3, -0.25) is 0 Å². The standard InChI is InChI=1S/C26H22S5/c1-3-7-25(27-17-5-1)19-29-21-9-13-23(14-10-21)31-24-15-11-22(12-16-24)30-20-26-8-4-2-6-18-28-26/h1-18H,19-20H2. The zero-order valence-electron chi connectivity index (χ0n) is 16.8. The van der Waals surface area contributed by atoms with Gasteiger partial charge in [0, 0.05) is 31.1 Å². The molecule has 31 heavy (non-hydrogen) atoms. The van der Waals surface area contributed by atoms with Crippen molar-refractivity contribution in [1.29, 1.82) is 0 Å². The highest BCUT2D eigenvalue weighted by Gasteiger charge is 2.04. The molecule has 0 aliphatic carbocycles. The zero-order chi connectivity index (χ0) is 21.1. The van der Waals surface area contributed by atoms with Gasteiger partial charge in [0.2, 0.25) is 0 Å². The largest absolute Gasteiger partial charge is 0.121 e. The van der Waals surface area contributed by atoms with Gasteiger partial charge in [0.1, 0.15) is 0 Å². The number of hydrogen-bond acceptors (Lipinski definition) is 5. The van der Waals surface area contributed by atoms with E-state index < -0.39 is 0 Å². The topological polar surface area (TPSA) is 0 Å². The molecule has 156 valence electrons. The SMILES string of the molecule is C1=CC=C(CSc2ccc(Sc3ccc(SCC4=CC=CC=CS4)cc3)cc2)SC=C1. The minimum Gasteiger partial charge on any atom is -0.121 e. The Morgan fingerprint density at radius 2 is 0.903 bits per heavy atom. The van der Waals surface area contributed by atoms with E-state index in [1.54, 1.807) is 23.5 Å². The van der Waals surface area contributed by atoms with E-state index in [0.29, 0.717) is 0 Å². The van der Waals surface area contributed by atoms with Crippen LogP contribution in [0.1, 0.15) is 0 Å². The van der Waals surface area contributed by atoms with Crippen molar-refractivity contribution in [3.8, 4) is 0 Å². The van der Waals surface area contributed by atoms with Crippen molar-refractivity contribution in [3.63, 3.8) is 0 Å². The molecule has 0 N–H and O–H groups in total. The lowest BCUT2D eigenvalue weighted by molar-refractivity contribution is 1.32. The summed E-state index contributed by atoms with van der Waals surface area (Å²) in [6, 6.07) is 17.8. The second-order valence-corrected chi connectivity index (χ2v) is 11.9. The molecule has 0 fully saturated rings. The molecule has 0 saturated carbocycles. The lowest BCUT2D eigenvalue weighted by atomic mass is 10.4. The van der Waals surface area contributed by atoms with Crippen molar-refractivity contribution in [2.24, 2.45) is 0 Å². The summed E-state index contributed by atoms with van der Waals surface area (Å²) in [6.07, 6.45) is 16.9. The minimum absolute atomic E-state index is 1.01. The second-order valence-electron chi connectivity index (χ2n) is 6.55. The molecule has 2 aliphatic rings. The Bertz CT molecular complexity index is 953. The Balaban J connectivity index is 1.26. The van der Waals surface area contributed by atoms with Gasteiger partial charge in [0.15, 0.2) is 0 Å². The number of benzene rings is 2. The summed E-state index contributed by atoms with van der Waals surface area (Å²) < 4.78 is 0. The molecule has 4 rings (SSSR count). The predicted octanol–water partition coefficient (Wildman–Crippen LogP) is 9.42. The normalized spacial score (nSPS) is 15.4. The summed E-state index contributed by atoms with van der Waals surface area (Å²) in [5.74, 6) is 2.01. The van der Waals surface area contributed by atoms with E-state index in [9.17, 15) is 0 Å². The Labute approximate surface area is 206 Å². The maximum atomic E-state index is 2.23. The molecule has 2 heterocycles. The molecule has 2 aromatic carbocycles. The Hall–Kier alpha value is -1.37. The van der Waals surface area contributed by atoms with E-state index in [4.69, 9.17) is 0 Å². The first kappa shape index (κ1) is 22.8. The summed E-state index contributed by atoms with van der Waals surface area (Å²) >= 11 is 9.20. The number of hydrogen-bond donors (Lipinski definition) is 0. The highest BCUT2D eigenvalue weighted by molar-refractivity contribution is 8.08. The van der Waals surface area contributed by atoms with Crippen molar-refractivity contribution in [3.05, 3.63) is 118 Å². The van der Waals surface area contributed by atoms with Crippen LogP contribution in [0.3, 0.4) is 0 Å². The quantitative estimate of drug-likeness (QED) is 0.334. The van der Waals surface area contributed by atoms with Gasteiger partial charge >= 0.3 is 0 Å². The average Bonchev–Trinajstić information content (AvgIpc) is 3.23. The van der Waals surface area contributed by atoms with Crippen LogP contribution in [0.25, 0.3) is 0 Å². The molecule has 0 aromatic heterocycles. The molecule has 0 nitrogen and oxygen atoms in total. The van der Waals surface area contributed by atoms with Crippen LogP contribution in [-0.2, 0) is 0 Å². The predicted molar refractivity (Wildman–Crippen MR) is 146 cm³/mol. The molecular weight excluding hydrogens is 473 g/mol. The van der Waals surface area contributed by atoms with Crippen LogP contribution in [0, 0.1) is 0 Å². The molecule has 0 radical (unpaired) electrons. The third-order valence-electron chi connectivity index (χ3n) is 4.25. The minimum atomic E-state index is 1.01. The Morgan fingerprint density at radius 1 is 0.484 bits per heavy atom. The van der Waals surface area contributed by atoms with E-state index >= 15 is 0 Å². The highest BCUT2D eigenvalue weighted by Crippen LogP contribution is 2.33. The van der Waals surface area contributed by atoms with Crippen molar-refractivity contribution in [1.82, 2.24) is 0 Å². The van der Waals surface area contributed by atoms with Crippen LogP contribution in [0.4, 0.5) is 0 Å². The monoisotopic (exact) mass is 494 g/mol. The maximum Gasteiger partial charge on any atom is 0.0295 e. The van der Waals surface area contributed by atoms with Crippen molar-refractivity contribution in [2.45, 2.75) is 19.6 Å². The second kappa shape index (κ2) is 12.6. The number of thioether (sulfide) groups is 4. The molecule has 0 bridgehead atoms. The van der Waals surface area contributed by atoms with E-state index in [2.05, 4.69) is 108 Å². The van der Waals surface area contributed by atoms with E-state index in [0.717, 1.165) is 11.5 Å².